The molecule has 1 aromatic rings. The van der Waals surface area contributed by atoms with Crippen LogP contribution < -0.4 is 4.74 Å². The minimum atomic E-state index is 0.582. The lowest BCUT2D eigenvalue weighted by Crippen LogP contribution is -2.12. The second-order valence-corrected chi connectivity index (χ2v) is 5.18. The standard InChI is InChI=1S/C12H16Br2O/c1-3-10(7-13)8-15-12-5-4-9(2)6-11(12)14/h4-6,10H,3,7-8H2,1-2H3. The highest BCUT2D eigenvalue weighted by molar-refractivity contribution is 9.10. The molecule has 84 valence electrons. The highest BCUT2D eigenvalue weighted by atomic mass is 79.9. The molecule has 0 aliphatic carbocycles. The molecule has 0 aliphatic rings. The zero-order chi connectivity index (χ0) is 11.3. The fraction of sp³-hybridized carbons (Fsp3) is 0.500. The summed E-state index contributed by atoms with van der Waals surface area (Å²) in [5.74, 6) is 1.51. The Bertz CT molecular complexity index is 308. The molecule has 0 aromatic heterocycles. The van der Waals surface area contributed by atoms with Gasteiger partial charge in [-0.2, -0.15) is 0 Å². The van der Waals surface area contributed by atoms with E-state index >= 15 is 0 Å². The first-order chi connectivity index (χ1) is 7.17. The van der Waals surface area contributed by atoms with Gasteiger partial charge in [0.15, 0.2) is 0 Å². The number of hydrogen-bond acceptors (Lipinski definition) is 1. The SMILES string of the molecule is CCC(CBr)COc1ccc(C)cc1Br. The zero-order valence-electron chi connectivity index (χ0n) is 9.09. The van der Waals surface area contributed by atoms with Gasteiger partial charge in [-0.1, -0.05) is 28.9 Å². The van der Waals surface area contributed by atoms with Crippen LogP contribution in [0.2, 0.25) is 0 Å². The number of aryl methyl sites for hydroxylation is 1. The van der Waals surface area contributed by atoms with Crippen LogP contribution in [0, 0.1) is 12.8 Å². The predicted octanol–water partition coefficient (Wildman–Crippen LogP) is 4.56. The minimum Gasteiger partial charge on any atom is -0.492 e. The van der Waals surface area contributed by atoms with Gasteiger partial charge in [-0.05, 0) is 47.0 Å². The van der Waals surface area contributed by atoms with Gasteiger partial charge in [0.2, 0.25) is 0 Å². The molecule has 0 saturated carbocycles. The summed E-state index contributed by atoms with van der Waals surface area (Å²) in [7, 11) is 0. The summed E-state index contributed by atoms with van der Waals surface area (Å²) in [6.07, 6.45) is 1.13. The molecule has 1 unspecified atom stereocenters. The average Bonchev–Trinajstić information content (AvgIpc) is 2.22. The first-order valence-electron chi connectivity index (χ1n) is 5.12. The van der Waals surface area contributed by atoms with E-state index in [1.165, 1.54) is 5.56 Å². The molecule has 15 heavy (non-hydrogen) atoms. The monoisotopic (exact) mass is 334 g/mol. The van der Waals surface area contributed by atoms with Crippen molar-refractivity contribution in [1.82, 2.24) is 0 Å². The van der Waals surface area contributed by atoms with Crippen molar-refractivity contribution in [3.05, 3.63) is 28.2 Å². The maximum absolute atomic E-state index is 5.76. The Labute approximate surface area is 108 Å². The number of ether oxygens (including phenoxy) is 1. The summed E-state index contributed by atoms with van der Waals surface area (Å²) < 4.78 is 6.79. The Hall–Kier alpha value is -0.0200. The molecule has 1 atom stereocenters. The van der Waals surface area contributed by atoms with Gasteiger partial charge in [0, 0.05) is 11.2 Å². The molecule has 0 N–H and O–H groups in total. The van der Waals surface area contributed by atoms with Crippen molar-refractivity contribution in [2.45, 2.75) is 20.3 Å². The van der Waals surface area contributed by atoms with Gasteiger partial charge < -0.3 is 4.74 Å². The molecule has 0 bridgehead atoms. The Morgan fingerprint density at radius 1 is 1.40 bits per heavy atom. The Morgan fingerprint density at radius 3 is 2.67 bits per heavy atom. The van der Waals surface area contributed by atoms with E-state index in [1.54, 1.807) is 0 Å². The maximum atomic E-state index is 5.76. The summed E-state index contributed by atoms with van der Waals surface area (Å²) in [6.45, 7) is 5.02. The van der Waals surface area contributed by atoms with Crippen LogP contribution >= 0.6 is 31.9 Å². The molecule has 0 amide bonds. The summed E-state index contributed by atoms with van der Waals surface area (Å²) in [4.78, 5) is 0. The molecule has 0 fully saturated rings. The summed E-state index contributed by atoms with van der Waals surface area (Å²) in [6, 6.07) is 6.15. The fourth-order valence-electron chi connectivity index (χ4n) is 1.20. The number of benzene rings is 1. The second kappa shape index (κ2) is 6.54. The summed E-state index contributed by atoms with van der Waals surface area (Å²) >= 11 is 6.99. The topological polar surface area (TPSA) is 9.23 Å². The average molecular weight is 336 g/mol. The third-order valence-corrected chi connectivity index (χ3v) is 3.89. The number of halogens is 2. The smallest absolute Gasteiger partial charge is 0.133 e. The normalized spacial score (nSPS) is 12.5. The van der Waals surface area contributed by atoms with Gasteiger partial charge in [0.05, 0.1) is 11.1 Å². The molecule has 0 aliphatic heterocycles. The van der Waals surface area contributed by atoms with Crippen molar-refractivity contribution in [2.75, 3.05) is 11.9 Å². The van der Waals surface area contributed by atoms with Crippen molar-refractivity contribution in [3.63, 3.8) is 0 Å². The van der Waals surface area contributed by atoms with Crippen LogP contribution in [-0.4, -0.2) is 11.9 Å². The van der Waals surface area contributed by atoms with E-state index in [9.17, 15) is 0 Å². The number of hydrogen-bond donors (Lipinski definition) is 0. The van der Waals surface area contributed by atoms with E-state index in [0.29, 0.717) is 5.92 Å². The van der Waals surface area contributed by atoms with Gasteiger partial charge in [0.25, 0.3) is 0 Å². The van der Waals surface area contributed by atoms with E-state index in [0.717, 1.165) is 28.6 Å². The minimum absolute atomic E-state index is 0.582. The molecule has 1 rings (SSSR count). The Kier molecular flexibility index (Phi) is 5.69. The van der Waals surface area contributed by atoms with Crippen molar-refractivity contribution in [2.24, 2.45) is 5.92 Å². The highest BCUT2D eigenvalue weighted by Gasteiger charge is 2.07. The Balaban J connectivity index is 2.57. The number of alkyl halides is 1. The maximum Gasteiger partial charge on any atom is 0.133 e. The van der Waals surface area contributed by atoms with E-state index in [4.69, 9.17) is 4.74 Å². The molecule has 0 radical (unpaired) electrons. The van der Waals surface area contributed by atoms with Crippen LogP contribution in [0.15, 0.2) is 22.7 Å². The van der Waals surface area contributed by atoms with E-state index in [1.807, 2.05) is 6.07 Å². The van der Waals surface area contributed by atoms with Crippen LogP contribution in [0.3, 0.4) is 0 Å². The van der Waals surface area contributed by atoms with Crippen LogP contribution in [0.25, 0.3) is 0 Å². The third-order valence-electron chi connectivity index (χ3n) is 2.36. The van der Waals surface area contributed by atoms with Gasteiger partial charge in [-0.3, -0.25) is 0 Å². The summed E-state index contributed by atoms with van der Waals surface area (Å²) in [5, 5.41) is 0.993. The zero-order valence-corrected chi connectivity index (χ0v) is 12.3. The van der Waals surface area contributed by atoms with Gasteiger partial charge in [-0.15, -0.1) is 0 Å². The fourth-order valence-corrected chi connectivity index (χ4v) is 2.45. The number of rotatable bonds is 5. The quantitative estimate of drug-likeness (QED) is 0.717. The van der Waals surface area contributed by atoms with Crippen LogP contribution in [0.4, 0.5) is 0 Å². The molecular formula is C12H16Br2O. The largest absolute Gasteiger partial charge is 0.492 e. The lowest BCUT2D eigenvalue weighted by Gasteiger charge is -2.14. The molecular weight excluding hydrogens is 320 g/mol. The first kappa shape index (κ1) is 13.0. The molecule has 3 heteroatoms. The second-order valence-electron chi connectivity index (χ2n) is 3.67. The molecule has 1 aromatic carbocycles. The van der Waals surface area contributed by atoms with E-state index in [2.05, 4.69) is 57.8 Å². The van der Waals surface area contributed by atoms with E-state index in [-0.39, 0.29) is 0 Å². The highest BCUT2D eigenvalue weighted by Crippen LogP contribution is 2.26. The van der Waals surface area contributed by atoms with Gasteiger partial charge in [0.1, 0.15) is 5.75 Å². The van der Waals surface area contributed by atoms with Crippen molar-refractivity contribution in [3.8, 4) is 5.75 Å². The third kappa shape index (κ3) is 4.15. The van der Waals surface area contributed by atoms with Crippen molar-refractivity contribution < 1.29 is 4.74 Å². The van der Waals surface area contributed by atoms with Crippen LogP contribution in [0.5, 0.6) is 5.75 Å². The lowest BCUT2D eigenvalue weighted by molar-refractivity contribution is 0.258. The van der Waals surface area contributed by atoms with Crippen LogP contribution in [-0.2, 0) is 0 Å². The predicted molar refractivity (Wildman–Crippen MR) is 71.9 cm³/mol. The van der Waals surface area contributed by atoms with Gasteiger partial charge >= 0.3 is 0 Å². The van der Waals surface area contributed by atoms with Crippen molar-refractivity contribution in [1.29, 1.82) is 0 Å². The summed E-state index contributed by atoms with van der Waals surface area (Å²) in [5.41, 5.74) is 1.24. The van der Waals surface area contributed by atoms with Crippen LogP contribution in [0.1, 0.15) is 18.9 Å². The molecule has 0 heterocycles. The molecule has 0 spiro atoms. The Morgan fingerprint density at radius 2 is 2.13 bits per heavy atom. The molecule has 1 nitrogen and oxygen atoms in total. The molecule has 0 saturated heterocycles. The van der Waals surface area contributed by atoms with Gasteiger partial charge in [-0.25, -0.2) is 0 Å². The van der Waals surface area contributed by atoms with Crippen molar-refractivity contribution >= 4 is 31.9 Å². The first-order valence-corrected chi connectivity index (χ1v) is 7.03. The van der Waals surface area contributed by atoms with E-state index < -0.39 is 0 Å². The lowest BCUT2D eigenvalue weighted by atomic mass is 10.1.